The summed E-state index contributed by atoms with van der Waals surface area (Å²) in [5, 5.41) is 3.83. The van der Waals surface area contributed by atoms with Gasteiger partial charge in [0.05, 0.1) is 16.5 Å². The van der Waals surface area contributed by atoms with Gasteiger partial charge in [0.2, 0.25) is 5.91 Å². The number of benzene rings is 2. The maximum atomic E-state index is 12.8. The van der Waals surface area contributed by atoms with E-state index >= 15 is 0 Å². The third-order valence-electron chi connectivity index (χ3n) is 4.87. The van der Waals surface area contributed by atoms with Crippen LogP contribution in [-0.4, -0.2) is 40.5 Å². The molecule has 2 aromatic carbocycles. The van der Waals surface area contributed by atoms with Crippen LogP contribution in [-0.2, 0) is 4.79 Å². The Bertz CT molecular complexity index is 1070. The Morgan fingerprint density at radius 1 is 1.18 bits per heavy atom. The largest absolute Gasteiger partial charge is 0.345 e. The molecule has 142 valence electrons. The van der Waals surface area contributed by atoms with Crippen molar-refractivity contribution in [3.63, 3.8) is 0 Å². The summed E-state index contributed by atoms with van der Waals surface area (Å²) in [6, 6.07) is 17.0. The van der Waals surface area contributed by atoms with Crippen LogP contribution in [0.4, 0.5) is 5.69 Å². The lowest BCUT2D eigenvalue weighted by Crippen LogP contribution is -2.23. The van der Waals surface area contributed by atoms with Crippen molar-refractivity contribution < 1.29 is 9.59 Å². The maximum Gasteiger partial charge on any atom is 0.255 e. The Morgan fingerprint density at radius 2 is 2.00 bits per heavy atom. The summed E-state index contributed by atoms with van der Waals surface area (Å²) in [5.74, 6) is -0.0335. The summed E-state index contributed by atoms with van der Waals surface area (Å²) in [7, 11) is 1.83. The zero-order chi connectivity index (χ0) is 19.7. The Balaban J connectivity index is 1.55. The number of carbonyl (C=O) groups excluding carboxylic acids is 2. The number of fused-ring (bicyclic) bond motifs is 1. The summed E-state index contributed by atoms with van der Waals surface area (Å²) in [6.45, 7) is 2.72. The van der Waals surface area contributed by atoms with Gasteiger partial charge >= 0.3 is 0 Å². The number of nitrogens with one attached hydrogen (secondary N) is 1. The summed E-state index contributed by atoms with van der Waals surface area (Å²) in [5.41, 5.74) is 3.12. The first-order valence-corrected chi connectivity index (χ1v) is 10.1. The number of amides is 2. The first kappa shape index (κ1) is 18.5. The Kier molecular flexibility index (Phi) is 5.05. The van der Waals surface area contributed by atoms with Crippen LogP contribution in [0.1, 0.15) is 22.5 Å². The number of pyridine rings is 1. The molecule has 0 bridgehead atoms. The average Bonchev–Trinajstić information content (AvgIpc) is 3.01. The zero-order valence-electron chi connectivity index (χ0n) is 15.8. The number of hydrogen-bond acceptors (Lipinski definition) is 4. The lowest BCUT2D eigenvalue weighted by molar-refractivity contribution is -0.126. The molecule has 2 heterocycles. The van der Waals surface area contributed by atoms with Crippen LogP contribution in [0.3, 0.4) is 0 Å². The van der Waals surface area contributed by atoms with Gasteiger partial charge in [-0.3, -0.25) is 14.6 Å². The molecule has 1 aromatic heterocycles. The summed E-state index contributed by atoms with van der Waals surface area (Å²) >= 11 is 1.52. The fraction of sp³-hybridized carbons (Fsp3) is 0.227. The molecule has 28 heavy (non-hydrogen) atoms. The van der Waals surface area contributed by atoms with Crippen LogP contribution in [0.5, 0.6) is 0 Å². The highest BCUT2D eigenvalue weighted by atomic mass is 32.2. The number of aryl methyl sites for hydroxylation is 1. The summed E-state index contributed by atoms with van der Waals surface area (Å²) < 4.78 is 0. The quantitative estimate of drug-likeness (QED) is 0.727. The van der Waals surface area contributed by atoms with E-state index in [0.29, 0.717) is 5.56 Å². The fourth-order valence-electron chi connectivity index (χ4n) is 3.29. The summed E-state index contributed by atoms with van der Waals surface area (Å²) in [4.78, 5) is 32.2. The van der Waals surface area contributed by atoms with Gasteiger partial charge in [0, 0.05) is 35.1 Å². The SMILES string of the molecule is Cc1ccc2cc(C(=O)Nc3ccccc3SC3CCN(C)C3=O)ccc2n1. The molecule has 0 spiro atoms. The van der Waals surface area contributed by atoms with Gasteiger partial charge in [-0.1, -0.05) is 18.2 Å². The van der Waals surface area contributed by atoms with Gasteiger partial charge in [-0.25, -0.2) is 0 Å². The van der Waals surface area contributed by atoms with E-state index in [1.165, 1.54) is 11.8 Å². The number of para-hydroxylation sites is 1. The number of aromatic nitrogens is 1. The maximum absolute atomic E-state index is 12.8. The monoisotopic (exact) mass is 391 g/mol. The predicted octanol–water partition coefficient (Wildman–Crippen LogP) is 4.12. The highest BCUT2D eigenvalue weighted by Crippen LogP contribution is 2.35. The molecule has 4 rings (SSSR count). The van der Waals surface area contributed by atoms with E-state index in [1.807, 2.05) is 62.5 Å². The summed E-state index contributed by atoms with van der Waals surface area (Å²) in [6.07, 6.45) is 0.819. The molecule has 1 aliphatic rings. The fourth-order valence-corrected chi connectivity index (χ4v) is 4.50. The number of likely N-dealkylation sites (tertiary alicyclic amines) is 1. The van der Waals surface area contributed by atoms with E-state index < -0.39 is 0 Å². The van der Waals surface area contributed by atoms with E-state index in [0.717, 1.165) is 40.1 Å². The second kappa shape index (κ2) is 7.64. The van der Waals surface area contributed by atoms with E-state index in [1.54, 1.807) is 11.0 Å². The van der Waals surface area contributed by atoms with E-state index in [-0.39, 0.29) is 17.1 Å². The third kappa shape index (κ3) is 3.73. The average molecular weight is 391 g/mol. The lowest BCUT2D eigenvalue weighted by atomic mass is 10.1. The normalized spacial score (nSPS) is 16.6. The van der Waals surface area contributed by atoms with Crippen LogP contribution < -0.4 is 5.32 Å². The molecule has 1 unspecified atom stereocenters. The number of anilines is 1. The van der Waals surface area contributed by atoms with Gasteiger partial charge in [-0.2, -0.15) is 0 Å². The molecule has 5 nitrogen and oxygen atoms in total. The van der Waals surface area contributed by atoms with Crippen molar-refractivity contribution in [1.29, 1.82) is 0 Å². The molecule has 6 heteroatoms. The highest BCUT2D eigenvalue weighted by molar-refractivity contribution is 8.00. The van der Waals surface area contributed by atoms with Crippen molar-refractivity contribution in [2.45, 2.75) is 23.5 Å². The van der Waals surface area contributed by atoms with Crippen LogP contribution in [0, 0.1) is 6.92 Å². The molecule has 1 atom stereocenters. The Morgan fingerprint density at radius 3 is 2.79 bits per heavy atom. The zero-order valence-corrected chi connectivity index (χ0v) is 16.6. The van der Waals surface area contributed by atoms with Crippen LogP contribution in [0.2, 0.25) is 0 Å². The van der Waals surface area contributed by atoms with Crippen molar-refractivity contribution in [1.82, 2.24) is 9.88 Å². The Hall–Kier alpha value is -2.86. The van der Waals surface area contributed by atoms with Crippen molar-refractivity contribution in [3.8, 4) is 0 Å². The molecule has 3 aromatic rings. The topological polar surface area (TPSA) is 62.3 Å². The molecule has 1 fully saturated rings. The van der Waals surface area contributed by atoms with Gasteiger partial charge in [0.1, 0.15) is 0 Å². The lowest BCUT2D eigenvalue weighted by Gasteiger charge is -2.14. The number of hydrogen-bond donors (Lipinski definition) is 1. The molecular formula is C22H21N3O2S. The van der Waals surface area contributed by atoms with Crippen molar-refractivity contribution in [3.05, 3.63) is 65.9 Å². The van der Waals surface area contributed by atoms with Gasteiger partial charge < -0.3 is 10.2 Å². The minimum absolute atomic E-state index is 0.0990. The molecule has 1 saturated heterocycles. The van der Waals surface area contributed by atoms with Crippen molar-refractivity contribution in [2.75, 3.05) is 18.9 Å². The van der Waals surface area contributed by atoms with Gasteiger partial charge in [-0.15, -0.1) is 11.8 Å². The predicted molar refractivity (Wildman–Crippen MR) is 113 cm³/mol. The number of thioether (sulfide) groups is 1. The van der Waals surface area contributed by atoms with E-state index in [2.05, 4.69) is 10.3 Å². The second-order valence-corrected chi connectivity index (χ2v) is 8.21. The van der Waals surface area contributed by atoms with Crippen LogP contribution in [0.15, 0.2) is 59.5 Å². The van der Waals surface area contributed by atoms with Crippen LogP contribution >= 0.6 is 11.8 Å². The molecule has 2 amide bonds. The van der Waals surface area contributed by atoms with E-state index in [4.69, 9.17) is 0 Å². The third-order valence-corrected chi connectivity index (χ3v) is 6.21. The molecule has 0 saturated carbocycles. The highest BCUT2D eigenvalue weighted by Gasteiger charge is 2.30. The molecule has 1 aliphatic heterocycles. The Labute approximate surface area is 168 Å². The van der Waals surface area contributed by atoms with Crippen molar-refractivity contribution >= 4 is 40.2 Å². The molecule has 1 N–H and O–H groups in total. The number of nitrogens with zero attached hydrogens (tertiary/aromatic N) is 2. The van der Waals surface area contributed by atoms with Crippen LogP contribution in [0.25, 0.3) is 10.9 Å². The standard InChI is InChI=1S/C22H21N3O2S/c1-14-7-8-15-13-16(9-10-17(15)23-14)21(26)24-18-5-3-4-6-19(18)28-20-11-12-25(2)22(20)27/h3-10,13,20H,11-12H2,1-2H3,(H,24,26). The first-order chi connectivity index (χ1) is 13.5. The van der Waals surface area contributed by atoms with Crippen molar-refractivity contribution in [2.24, 2.45) is 0 Å². The number of carbonyl (C=O) groups is 2. The van der Waals surface area contributed by atoms with Gasteiger partial charge in [-0.05, 0) is 49.7 Å². The smallest absolute Gasteiger partial charge is 0.255 e. The van der Waals surface area contributed by atoms with Gasteiger partial charge in [0.15, 0.2) is 0 Å². The van der Waals surface area contributed by atoms with E-state index in [9.17, 15) is 9.59 Å². The second-order valence-electron chi connectivity index (χ2n) is 6.97. The minimum Gasteiger partial charge on any atom is -0.345 e. The molecule has 0 aliphatic carbocycles. The first-order valence-electron chi connectivity index (χ1n) is 9.21. The number of rotatable bonds is 4. The molecule has 0 radical (unpaired) electrons. The minimum atomic E-state index is -0.176. The van der Waals surface area contributed by atoms with Gasteiger partial charge in [0.25, 0.3) is 5.91 Å². The molecular weight excluding hydrogens is 370 g/mol.